The van der Waals surface area contributed by atoms with E-state index in [1.54, 1.807) is 0 Å². The Morgan fingerprint density at radius 3 is 1.04 bits per heavy atom. The van der Waals surface area contributed by atoms with E-state index in [4.69, 9.17) is 0 Å². The third-order valence-electron chi connectivity index (χ3n) is 12.6. The molecule has 57 heavy (non-hydrogen) atoms. The van der Waals surface area contributed by atoms with Gasteiger partial charge in [0.25, 0.3) is 0 Å². The fourth-order valence-corrected chi connectivity index (χ4v) is 8.76. The van der Waals surface area contributed by atoms with Gasteiger partial charge in [-0.05, 0) is 166 Å². The minimum absolute atomic E-state index is 0.569. The van der Waals surface area contributed by atoms with Gasteiger partial charge < -0.3 is 0 Å². The molecule has 0 amide bonds. The summed E-state index contributed by atoms with van der Waals surface area (Å²) in [6.07, 6.45) is 26.5. The van der Waals surface area contributed by atoms with Crippen LogP contribution < -0.4 is 0 Å². The normalized spacial score (nSPS) is 18.9. The standard InChI is InChI=1S/C29H38.C28H36/c1-3-5-7-9-25-10-12-26(13-11-25)14-15-27-18-22-29(23-19-27)28-20-16-24(17-21-28)8-6-4-2;1-3-5-6-8-24-9-11-25(12-10-24)13-14-26-17-21-28(22-18-26)27-19-15-23(7-4-2)16-20-27/h10-13,16-17,20-21,27,29H,3-9,18-19,22-23H2,1-2H3;9-12,15-16,19-20,26,28H,3-8,17-18,21-22H2,1-2H3/t27-,29-;26-,28-. The maximum Gasteiger partial charge on any atom is 0.0245 e. The van der Waals surface area contributed by atoms with E-state index < -0.39 is 0 Å². The van der Waals surface area contributed by atoms with Gasteiger partial charge in [-0.1, -0.05) is 163 Å². The summed E-state index contributed by atoms with van der Waals surface area (Å²) in [7, 11) is 0. The third kappa shape index (κ3) is 15.7. The molecule has 0 spiro atoms. The molecule has 2 aliphatic rings. The molecule has 2 aliphatic carbocycles. The lowest BCUT2D eigenvalue weighted by molar-refractivity contribution is 0.384. The van der Waals surface area contributed by atoms with Crippen molar-refractivity contribution in [2.45, 2.75) is 174 Å². The number of unbranched alkanes of at least 4 members (excludes halogenated alkanes) is 5. The number of hydrogen-bond acceptors (Lipinski definition) is 0. The van der Waals surface area contributed by atoms with Crippen molar-refractivity contribution in [3.05, 3.63) is 142 Å². The van der Waals surface area contributed by atoms with Crippen LogP contribution in [0.5, 0.6) is 0 Å². The van der Waals surface area contributed by atoms with E-state index in [1.807, 2.05) is 0 Å². The Hall–Kier alpha value is -4.00. The second-order valence-corrected chi connectivity index (χ2v) is 17.3. The van der Waals surface area contributed by atoms with Crippen LogP contribution in [0, 0.1) is 35.5 Å². The first-order valence-corrected chi connectivity index (χ1v) is 23.4. The van der Waals surface area contributed by atoms with Gasteiger partial charge in [-0.15, -0.1) is 0 Å². The predicted octanol–water partition coefficient (Wildman–Crippen LogP) is 15.8. The van der Waals surface area contributed by atoms with Gasteiger partial charge in [0, 0.05) is 23.0 Å². The van der Waals surface area contributed by atoms with Gasteiger partial charge in [-0.3, -0.25) is 0 Å². The van der Waals surface area contributed by atoms with Crippen molar-refractivity contribution in [1.29, 1.82) is 0 Å². The lowest BCUT2D eigenvalue weighted by Crippen LogP contribution is -2.12. The van der Waals surface area contributed by atoms with Gasteiger partial charge in [-0.2, -0.15) is 0 Å². The average molecular weight is 759 g/mol. The molecule has 0 atom stereocenters. The van der Waals surface area contributed by atoms with E-state index in [-0.39, 0.29) is 0 Å². The molecular formula is C57H74. The molecule has 2 saturated carbocycles. The molecule has 6 rings (SSSR count). The predicted molar refractivity (Wildman–Crippen MR) is 248 cm³/mol. The van der Waals surface area contributed by atoms with E-state index in [0.717, 1.165) is 11.8 Å². The highest BCUT2D eigenvalue weighted by Gasteiger charge is 2.22. The highest BCUT2D eigenvalue weighted by molar-refractivity contribution is 5.38. The van der Waals surface area contributed by atoms with Crippen molar-refractivity contribution in [1.82, 2.24) is 0 Å². The number of aryl methyl sites for hydroxylation is 4. The van der Waals surface area contributed by atoms with Gasteiger partial charge in [0.1, 0.15) is 0 Å². The second-order valence-electron chi connectivity index (χ2n) is 17.3. The summed E-state index contributed by atoms with van der Waals surface area (Å²) < 4.78 is 0. The molecule has 0 nitrogen and oxygen atoms in total. The monoisotopic (exact) mass is 759 g/mol. The lowest BCUT2D eigenvalue weighted by atomic mass is 9.78. The fraction of sp³-hybridized carbons (Fsp3) is 0.509. The van der Waals surface area contributed by atoms with Crippen LogP contribution in [0.4, 0.5) is 0 Å². The Bertz CT molecular complexity index is 1780. The van der Waals surface area contributed by atoms with Gasteiger partial charge in [-0.25, -0.2) is 0 Å². The summed E-state index contributed by atoms with van der Waals surface area (Å²) in [5.41, 5.74) is 11.3. The number of benzene rings is 4. The first-order valence-electron chi connectivity index (χ1n) is 23.4. The lowest BCUT2D eigenvalue weighted by Gasteiger charge is -2.26. The van der Waals surface area contributed by atoms with Crippen LogP contribution in [0.25, 0.3) is 0 Å². The number of hydrogen-bond donors (Lipinski definition) is 0. The summed E-state index contributed by atoms with van der Waals surface area (Å²) in [4.78, 5) is 0. The van der Waals surface area contributed by atoms with Crippen LogP contribution in [-0.2, 0) is 25.7 Å². The van der Waals surface area contributed by atoms with Crippen LogP contribution in [0.1, 0.15) is 193 Å². The maximum absolute atomic E-state index is 3.56. The van der Waals surface area contributed by atoms with Gasteiger partial charge >= 0.3 is 0 Å². The van der Waals surface area contributed by atoms with Gasteiger partial charge in [0.15, 0.2) is 0 Å². The van der Waals surface area contributed by atoms with Crippen LogP contribution in [0.3, 0.4) is 0 Å². The van der Waals surface area contributed by atoms with Crippen molar-refractivity contribution in [2.24, 2.45) is 11.8 Å². The van der Waals surface area contributed by atoms with Crippen LogP contribution >= 0.6 is 0 Å². The summed E-state index contributed by atoms with van der Waals surface area (Å²) in [5, 5.41) is 0. The first-order chi connectivity index (χ1) is 28.1. The molecule has 4 aromatic rings. The smallest absolute Gasteiger partial charge is 0.0245 e. The summed E-state index contributed by atoms with van der Waals surface area (Å²) >= 11 is 0. The van der Waals surface area contributed by atoms with E-state index >= 15 is 0 Å². The van der Waals surface area contributed by atoms with Crippen LogP contribution in [-0.4, -0.2) is 0 Å². The molecular weight excluding hydrogens is 685 g/mol. The van der Waals surface area contributed by atoms with Crippen LogP contribution in [0.15, 0.2) is 97.1 Å². The van der Waals surface area contributed by atoms with Crippen LogP contribution in [0.2, 0.25) is 0 Å². The zero-order chi connectivity index (χ0) is 39.9. The van der Waals surface area contributed by atoms with E-state index in [9.17, 15) is 0 Å². The molecule has 0 heterocycles. The Morgan fingerprint density at radius 1 is 0.351 bits per heavy atom. The molecule has 0 radical (unpaired) electrons. The highest BCUT2D eigenvalue weighted by Crippen LogP contribution is 2.37. The topological polar surface area (TPSA) is 0 Å². The molecule has 0 N–H and O–H groups in total. The summed E-state index contributed by atoms with van der Waals surface area (Å²) in [6, 6.07) is 36.7. The van der Waals surface area contributed by atoms with Gasteiger partial charge in [0.2, 0.25) is 0 Å². The Kier molecular flexibility index (Phi) is 19.6. The minimum atomic E-state index is 0.569. The second kappa shape index (κ2) is 25.4. The fourth-order valence-electron chi connectivity index (χ4n) is 8.76. The average Bonchev–Trinajstić information content (AvgIpc) is 3.26. The zero-order valence-electron chi connectivity index (χ0n) is 36.4. The summed E-state index contributed by atoms with van der Waals surface area (Å²) in [6.45, 7) is 9.03. The van der Waals surface area contributed by atoms with Gasteiger partial charge in [0.05, 0.1) is 0 Å². The molecule has 0 saturated heterocycles. The van der Waals surface area contributed by atoms with Crippen molar-refractivity contribution < 1.29 is 0 Å². The zero-order valence-corrected chi connectivity index (χ0v) is 36.4. The van der Waals surface area contributed by atoms with Crippen molar-refractivity contribution in [3.63, 3.8) is 0 Å². The molecule has 0 bridgehead atoms. The Labute approximate surface area is 350 Å². The van der Waals surface area contributed by atoms with Crippen molar-refractivity contribution in [3.8, 4) is 23.7 Å². The molecule has 0 heteroatoms. The number of rotatable bonds is 15. The quantitative estimate of drug-likeness (QED) is 0.0837. The molecule has 302 valence electrons. The third-order valence-corrected chi connectivity index (χ3v) is 12.6. The molecule has 0 unspecified atom stereocenters. The van der Waals surface area contributed by atoms with E-state index in [1.165, 1.54) is 179 Å². The van der Waals surface area contributed by atoms with Crippen molar-refractivity contribution in [2.75, 3.05) is 0 Å². The van der Waals surface area contributed by atoms with E-state index in [0.29, 0.717) is 11.8 Å². The molecule has 4 aromatic carbocycles. The molecule has 0 aromatic heterocycles. The van der Waals surface area contributed by atoms with E-state index in [2.05, 4.69) is 148 Å². The SMILES string of the molecule is CCCCCc1ccc(C#C[C@H]2CC[C@H](c3ccc(CCC)cc3)CC2)cc1.CCCCCc1ccc(C#C[C@H]2CC[C@H](c3ccc(CCCC)cc3)CC2)cc1. The molecule has 0 aliphatic heterocycles. The Morgan fingerprint density at radius 2 is 0.684 bits per heavy atom. The maximum atomic E-state index is 3.56. The summed E-state index contributed by atoms with van der Waals surface area (Å²) in [5.74, 6) is 16.6. The molecule has 2 fully saturated rings. The Balaban J connectivity index is 0.000000218. The minimum Gasteiger partial charge on any atom is -0.0945 e. The largest absolute Gasteiger partial charge is 0.0945 e. The van der Waals surface area contributed by atoms with Crippen molar-refractivity contribution >= 4 is 0 Å². The first kappa shape index (κ1) is 44.1. The highest BCUT2D eigenvalue weighted by atomic mass is 14.3.